The molecule has 0 radical (unpaired) electrons. The molecule has 3 heterocycles. The van der Waals surface area contributed by atoms with Crippen molar-refractivity contribution in [2.45, 2.75) is 24.0 Å². The Morgan fingerprint density at radius 2 is 2.00 bits per heavy atom. The van der Waals surface area contributed by atoms with Gasteiger partial charge >= 0.3 is 0 Å². The number of nitrogens with zero attached hydrogens (tertiary/aromatic N) is 3. The normalized spacial score (nSPS) is 24.6. The molecule has 2 saturated heterocycles. The molecular weight excluding hydrogens is 298 g/mol. The third-order valence-electron chi connectivity index (χ3n) is 4.71. The summed E-state index contributed by atoms with van der Waals surface area (Å²) in [5.41, 5.74) is 0. The number of carbonyl (C=O) groups is 1. The Balaban J connectivity index is 1.53. The van der Waals surface area contributed by atoms with Gasteiger partial charge in [0.05, 0.1) is 0 Å². The summed E-state index contributed by atoms with van der Waals surface area (Å²) in [6, 6.07) is 4.31. The number of likely N-dealkylation sites (N-methyl/N-ethyl adjacent to an activating group) is 1. The number of thioether (sulfide) groups is 1. The first-order valence-corrected chi connectivity index (χ1v) is 9.25. The van der Waals surface area contributed by atoms with Crippen molar-refractivity contribution in [2.24, 2.45) is 0 Å². The Morgan fingerprint density at radius 3 is 2.64 bits per heavy atom. The quantitative estimate of drug-likeness (QED) is 0.794. The van der Waals surface area contributed by atoms with Crippen molar-refractivity contribution in [3.8, 4) is 0 Å². The highest BCUT2D eigenvalue weighted by molar-refractivity contribution is 7.98. The van der Waals surface area contributed by atoms with Crippen molar-refractivity contribution < 1.29 is 9.21 Å². The monoisotopic (exact) mass is 323 g/mol. The molecule has 1 unspecified atom stereocenters. The van der Waals surface area contributed by atoms with Gasteiger partial charge in [-0.3, -0.25) is 9.69 Å². The summed E-state index contributed by atoms with van der Waals surface area (Å²) in [7, 11) is 2.20. The van der Waals surface area contributed by atoms with Crippen molar-refractivity contribution in [1.82, 2.24) is 14.7 Å². The molecule has 0 bridgehead atoms. The summed E-state index contributed by atoms with van der Waals surface area (Å²) < 4.78 is 5.56. The smallest absolute Gasteiger partial charge is 0.289 e. The Hall–Kier alpha value is -0.980. The average Bonchev–Trinajstić information content (AvgIpc) is 3.03. The first kappa shape index (κ1) is 15.9. The van der Waals surface area contributed by atoms with Gasteiger partial charge in [-0.25, -0.2) is 0 Å². The second-order valence-electron chi connectivity index (χ2n) is 6.21. The number of hydrogen-bond acceptors (Lipinski definition) is 5. The molecule has 2 aliphatic rings. The van der Waals surface area contributed by atoms with E-state index in [0.29, 0.717) is 11.8 Å². The summed E-state index contributed by atoms with van der Waals surface area (Å²) in [6.45, 7) is 5.91. The Kier molecular flexibility index (Phi) is 5.10. The van der Waals surface area contributed by atoms with Gasteiger partial charge in [-0.15, -0.1) is 0 Å². The van der Waals surface area contributed by atoms with Crippen LogP contribution in [0.5, 0.6) is 0 Å². The van der Waals surface area contributed by atoms with Crippen LogP contribution in [0.2, 0.25) is 0 Å². The van der Waals surface area contributed by atoms with E-state index in [0.717, 1.165) is 37.8 Å². The molecule has 1 amide bonds. The van der Waals surface area contributed by atoms with E-state index in [2.05, 4.69) is 16.8 Å². The number of hydrogen-bond donors (Lipinski definition) is 0. The van der Waals surface area contributed by atoms with Crippen LogP contribution in [0, 0.1) is 0 Å². The van der Waals surface area contributed by atoms with Crippen molar-refractivity contribution in [1.29, 1.82) is 0 Å². The number of amides is 1. The summed E-state index contributed by atoms with van der Waals surface area (Å²) in [5, 5.41) is 0.798. The molecular formula is C16H25N3O2S. The van der Waals surface area contributed by atoms with E-state index in [1.54, 1.807) is 6.07 Å². The zero-order valence-electron chi connectivity index (χ0n) is 13.5. The van der Waals surface area contributed by atoms with Crippen LogP contribution in [-0.4, -0.2) is 79.2 Å². The maximum Gasteiger partial charge on any atom is 0.289 e. The maximum absolute atomic E-state index is 12.5. The highest BCUT2D eigenvalue weighted by atomic mass is 32.2. The van der Waals surface area contributed by atoms with Crippen LogP contribution in [0.3, 0.4) is 0 Å². The number of likely N-dealkylation sites (tertiary alicyclic amines) is 1. The van der Waals surface area contributed by atoms with E-state index in [9.17, 15) is 4.79 Å². The molecule has 1 aromatic rings. The van der Waals surface area contributed by atoms with Gasteiger partial charge in [0.25, 0.3) is 5.91 Å². The van der Waals surface area contributed by atoms with Gasteiger partial charge in [0.1, 0.15) is 0 Å². The minimum atomic E-state index is 0.0284. The molecule has 0 aromatic carbocycles. The molecule has 3 rings (SSSR count). The third kappa shape index (κ3) is 3.50. The fraction of sp³-hybridized carbons (Fsp3) is 0.688. The number of furan rings is 1. The topological polar surface area (TPSA) is 39.9 Å². The highest BCUT2D eigenvalue weighted by Crippen LogP contribution is 2.21. The van der Waals surface area contributed by atoms with E-state index in [1.165, 1.54) is 31.1 Å². The molecule has 22 heavy (non-hydrogen) atoms. The molecule has 5 nitrogen and oxygen atoms in total. The average molecular weight is 323 g/mol. The Morgan fingerprint density at radius 1 is 1.23 bits per heavy atom. The van der Waals surface area contributed by atoms with Crippen LogP contribution < -0.4 is 0 Å². The lowest BCUT2D eigenvalue weighted by molar-refractivity contribution is 0.0427. The fourth-order valence-electron chi connectivity index (χ4n) is 3.43. The molecule has 0 saturated carbocycles. The Labute approximate surface area is 136 Å². The second-order valence-corrected chi connectivity index (χ2v) is 7.02. The van der Waals surface area contributed by atoms with Gasteiger partial charge in [-0.2, -0.15) is 0 Å². The number of rotatable bonds is 3. The first-order valence-electron chi connectivity index (χ1n) is 8.03. The van der Waals surface area contributed by atoms with Crippen molar-refractivity contribution in [3.05, 3.63) is 17.9 Å². The molecule has 0 aliphatic carbocycles. The van der Waals surface area contributed by atoms with Crippen LogP contribution in [-0.2, 0) is 0 Å². The van der Waals surface area contributed by atoms with Crippen molar-refractivity contribution in [3.63, 3.8) is 0 Å². The lowest BCUT2D eigenvalue weighted by Crippen LogP contribution is -2.55. The van der Waals surface area contributed by atoms with E-state index in [4.69, 9.17) is 4.42 Å². The molecule has 1 atom stereocenters. The zero-order valence-corrected chi connectivity index (χ0v) is 14.3. The molecule has 1 aromatic heterocycles. The van der Waals surface area contributed by atoms with E-state index < -0.39 is 0 Å². The van der Waals surface area contributed by atoms with Gasteiger partial charge in [-0.05, 0) is 44.8 Å². The second kappa shape index (κ2) is 7.06. The molecule has 2 fully saturated rings. The Bertz CT molecular complexity index is 511. The summed E-state index contributed by atoms with van der Waals surface area (Å²) in [4.78, 5) is 19.3. The highest BCUT2D eigenvalue weighted by Gasteiger charge is 2.29. The van der Waals surface area contributed by atoms with Crippen LogP contribution in [0.1, 0.15) is 23.4 Å². The predicted molar refractivity (Wildman–Crippen MR) is 88.5 cm³/mol. The molecule has 0 N–H and O–H groups in total. The van der Waals surface area contributed by atoms with E-state index in [1.807, 2.05) is 17.2 Å². The van der Waals surface area contributed by atoms with Crippen LogP contribution >= 0.6 is 11.8 Å². The van der Waals surface area contributed by atoms with Gasteiger partial charge in [-0.1, -0.05) is 11.8 Å². The van der Waals surface area contributed by atoms with E-state index >= 15 is 0 Å². The standard InChI is InChI=1S/C16H25N3O2S/c1-17-7-3-4-13(12-17)18-8-10-19(11-9-18)16(20)14-5-6-15(21-14)22-2/h5-6,13H,3-4,7-12H2,1-2H3. The maximum atomic E-state index is 12.5. The predicted octanol–water partition coefficient (Wildman–Crippen LogP) is 1.85. The van der Waals surface area contributed by atoms with Crippen molar-refractivity contribution >= 4 is 17.7 Å². The largest absolute Gasteiger partial charge is 0.445 e. The molecule has 122 valence electrons. The minimum absolute atomic E-state index is 0.0284. The molecule has 0 spiro atoms. The van der Waals surface area contributed by atoms with Crippen molar-refractivity contribution in [2.75, 3.05) is 52.6 Å². The third-order valence-corrected chi connectivity index (χ3v) is 5.33. The summed E-state index contributed by atoms with van der Waals surface area (Å²) >= 11 is 1.52. The van der Waals surface area contributed by atoms with Crippen LogP contribution in [0.25, 0.3) is 0 Å². The fourth-order valence-corrected chi connectivity index (χ4v) is 3.81. The summed E-state index contributed by atoms with van der Waals surface area (Å²) in [6.07, 6.45) is 4.52. The number of piperidine rings is 1. The first-order chi connectivity index (χ1) is 10.7. The summed E-state index contributed by atoms with van der Waals surface area (Å²) in [5.74, 6) is 0.496. The molecule has 2 aliphatic heterocycles. The van der Waals surface area contributed by atoms with Gasteiger partial charge in [0.15, 0.2) is 10.9 Å². The minimum Gasteiger partial charge on any atom is -0.445 e. The van der Waals surface area contributed by atoms with E-state index in [-0.39, 0.29) is 5.91 Å². The zero-order chi connectivity index (χ0) is 15.5. The number of carbonyl (C=O) groups excluding carboxylic acids is 1. The lowest BCUT2D eigenvalue weighted by atomic mass is 10.0. The number of piperazine rings is 1. The molecule has 6 heteroatoms. The van der Waals surface area contributed by atoms with Gasteiger partial charge in [0, 0.05) is 38.8 Å². The van der Waals surface area contributed by atoms with Gasteiger partial charge < -0.3 is 14.2 Å². The van der Waals surface area contributed by atoms with Crippen LogP contribution in [0.15, 0.2) is 21.6 Å². The SMILES string of the molecule is CSc1ccc(C(=O)N2CCN(C3CCCN(C)C3)CC2)o1. The van der Waals surface area contributed by atoms with Crippen LogP contribution in [0.4, 0.5) is 0 Å². The lowest BCUT2D eigenvalue weighted by Gasteiger charge is -2.42. The van der Waals surface area contributed by atoms with Gasteiger partial charge in [0.2, 0.25) is 0 Å².